The van der Waals surface area contributed by atoms with E-state index in [1.54, 1.807) is 5.38 Å². The van der Waals surface area contributed by atoms with Crippen molar-refractivity contribution < 1.29 is 27.8 Å². The molecule has 0 aliphatic rings. The van der Waals surface area contributed by atoms with E-state index in [9.17, 15) is 18.0 Å². The second-order valence-corrected chi connectivity index (χ2v) is 4.67. The number of alkyl halides is 3. The normalized spacial score (nSPS) is 11.7. The molecular weight excluding hydrogens is 265 g/mol. The Hall–Kier alpha value is -0.730. The zero-order chi connectivity index (χ0) is 12.2. The van der Waals surface area contributed by atoms with E-state index in [-0.39, 0.29) is 10.6 Å². The van der Waals surface area contributed by atoms with Crippen molar-refractivity contribution in [1.29, 1.82) is 0 Å². The first-order valence-corrected chi connectivity index (χ1v) is 5.90. The summed E-state index contributed by atoms with van der Waals surface area (Å²) in [5, 5.41) is 10.2. The van der Waals surface area contributed by atoms with Crippen LogP contribution in [0.15, 0.2) is 16.3 Å². The Balaban J connectivity index is 2.30. The van der Waals surface area contributed by atoms with Gasteiger partial charge in [-0.15, -0.1) is 36.3 Å². The van der Waals surface area contributed by atoms with Crippen molar-refractivity contribution in [2.75, 3.05) is 12.4 Å². The number of hydrogen-bond acceptors (Lipinski definition) is 4. The smallest absolute Gasteiger partial charge is 0.477 e. The summed E-state index contributed by atoms with van der Waals surface area (Å²) in [6, 6.07) is 1.42. The Bertz CT molecular complexity index is 362. The van der Waals surface area contributed by atoms with Crippen LogP contribution < -0.4 is 0 Å². The Morgan fingerprint density at radius 2 is 2.25 bits per heavy atom. The first-order chi connectivity index (χ1) is 7.38. The predicted octanol–water partition coefficient (Wildman–Crippen LogP) is 3.07. The van der Waals surface area contributed by atoms with Crippen LogP contribution in [0.3, 0.4) is 0 Å². The summed E-state index contributed by atoms with van der Waals surface area (Å²) in [7, 11) is 0. The van der Waals surface area contributed by atoms with E-state index in [1.807, 2.05) is 0 Å². The van der Waals surface area contributed by atoms with Gasteiger partial charge in [-0.1, -0.05) is 0 Å². The number of halogens is 3. The van der Waals surface area contributed by atoms with Crippen LogP contribution >= 0.6 is 23.1 Å². The van der Waals surface area contributed by atoms with Crippen molar-refractivity contribution in [3.8, 4) is 0 Å². The molecule has 0 aliphatic carbocycles. The molecule has 8 heteroatoms. The van der Waals surface area contributed by atoms with Crippen molar-refractivity contribution in [1.82, 2.24) is 0 Å². The molecule has 0 saturated heterocycles. The second kappa shape index (κ2) is 5.55. The summed E-state index contributed by atoms with van der Waals surface area (Å²) in [6.07, 6.45) is -4.61. The number of hydrogen-bond donors (Lipinski definition) is 1. The van der Waals surface area contributed by atoms with Crippen LogP contribution in [-0.4, -0.2) is 29.8 Å². The SMILES string of the molecule is O=C(O)c1cc(SCCOC(F)(F)F)cs1. The zero-order valence-electron chi connectivity index (χ0n) is 7.78. The van der Waals surface area contributed by atoms with Crippen molar-refractivity contribution >= 4 is 29.1 Å². The van der Waals surface area contributed by atoms with Crippen molar-refractivity contribution in [2.24, 2.45) is 0 Å². The predicted molar refractivity (Wildman–Crippen MR) is 54.0 cm³/mol. The average Bonchev–Trinajstić information content (AvgIpc) is 2.59. The highest BCUT2D eigenvalue weighted by Crippen LogP contribution is 2.25. The van der Waals surface area contributed by atoms with Gasteiger partial charge in [0, 0.05) is 16.0 Å². The van der Waals surface area contributed by atoms with Crippen LogP contribution in [0, 0.1) is 0 Å². The van der Waals surface area contributed by atoms with E-state index < -0.39 is 18.9 Å². The minimum absolute atomic E-state index is 0.120. The third-order valence-corrected chi connectivity index (χ3v) is 3.41. The fraction of sp³-hybridized carbons (Fsp3) is 0.375. The molecule has 0 atom stereocenters. The molecule has 0 aromatic carbocycles. The second-order valence-electron chi connectivity index (χ2n) is 2.59. The summed E-state index contributed by atoms with van der Waals surface area (Å²) < 4.78 is 38.3. The van der Waals surface area contributed by atoms with Crippen LogP contribution in [0.4, 0.5) is 13.2 Å². The standard InChI is InChI=1S/C8H7F3O3S2/c9-8(10,11)14-1-2-15-5-3-6(7(12)13)16-4-5/h3-4H,1-2H2,(H,12,13). The quantitative estimate of drug-likeness (QED) is 0.661. The number of ether oxygens (including phenoxy) is 1. The zero-order valence-corrected chi connectivity index (χ0v) is 9.42. The van der Waals surface area contributed by atoms with Gasteiger partial charge in [0.1, 0.15) is 4.88 Å². The van der Waals surface area contributed by atoms with E-state index in [4.69, 9.17) is 5.11 Å². The van der Waals surface area contributed by atoms with E-state index in [0.717, 1.165) is 23.1 Å². The van der Waals surface area contributed by atoms with Crippen LogP contribution in [0.2, 0.25) is 0 Å². The first kappa shape index (κ1) is 13.3. The van der Waals surface area contributed by atoms with E-state index in [2.05, 4.69) is 4.74 Å². The van der Waals surface area contributed by atoms with Gasteiger partial charge in [-0.3, -0.25) is 4.74 Å². The third kappa shape index (κ3) is 4.86. The van der Waals surface area contributed by atoms with Gasteiger partial charge in [0.05, 0.1) is 6.61 Å². The number of rotatable bonds is 5. The lowest BCUT2D eigenvalue weighted by atomic mass is 10.5. The maximum absolute atomic E-state index is 11.6. The molecule has 0 saturated carbocycles. The average molecular weight is 272 g/mol. The highest BCUT2D eigenvalue weighted by atomic mass is 32.2. The first-order valence-electron chi connectivity index (χ1n) is 4.04. The fourth-order valence-electron chi connectivity index (χ4n) is 0.824. The van der Waals surface area contributed by atoms with Gasteiger partial charge >= 0.3 is 12.3 Å². The molecule has 16 heavy (non-hydrogen) atoms. The van der Waals surface area contributed by atoms with Crippen molar-refractivity contribution in [3.05, 3.63) is 16.3 Å². The van der Waals surface area contributed by atoms with Gasteiger partial charge in [0.2, 0.25) is 0 Å². The summed E-state index contributed by atoms with van der Waals surface area (Å²) in [5.74, 6) is -0.918. The summed E-state index contributed by atoms with van der Waals surface area (Å²) in [4.78, 5) is 11.3. The van der Waals surface area contributed by atoms with Gasteiger partial charge in [-0.05, 0) is 6.07 Å². The highest BCUT2D eigenvalue weighted by molar-refractivity contribution is 7.99. The fourth-order valence-corrected chi connectivity index (χ4v) is 2.53. The van der Waals surface area contributed by atoms with Gasteiger partial charge in [0.25, 0.3) is 0 Å². The molecule has 0 amide bonds. The maximum atomic E-state index is 11.6. The van der Waals surface area contributed by atoms with Crippen molar-refractivity contribution in [2.45, 2.75) is 11.3 Å². The number of thioether (sulfide) groups is 1. The maximum Gasteiger partial charge on any atom is 0.522 e. The Morgan fingerprint density at radius 3 is 2.75 bits per heavy atom. The van der Waals surface area contributed by atoms with Crippen LogP contribution in [0.5, 0.6) is 0 Å². The molecule has 0 radical (unpaired) electrons. The van der Waals surface area contributed by atoms with Crippen LogP contribution in [0.1, 0.15) is 9.67 Å². The molecule has 90 valence electrons. The molecule has 0 spiro atoms. The molecule has 1 aromatic heterocycles. The van der Waals surface area contributed by atoms with Crippen molar-refractivity contribution in [3.63, 3.8) is 0 Å². The Labute approximate surface area is 97.2 Å². The third-order valence-electron chi connectivity index (χ3n) is 1.40. The minimum atomic E-state index is -4.61. The Kier molecular flexibility index (Phi) is 4.63. The lowest BCUT2D eigenvalue weighted by Gasteiger charge is -2.05. The number of aromatic carboxylic acids is 1. The lowest BCUT2D eigenvalue weighted by molar-refractivity contribution is -0.322. The summed E-state index contributed by atoms with van der Waals surface area (Å²) >= 11 is 2.16. The molecule has 0 aliphatic heterocycles. The van der Waals surface area contributed by atoms with E-state index in [1.165, 1.54) is 6.07 Å². The number of thiophene rings is 1. The van der Waals surface area contributed by atoms with E-state index >= 15 is 0 Å². The molecular formula is C8H7F3O3S2. The number of carboxylic acid groups (broad SMARTS) is 1. The highest BCUT2D eigenvalue weighted by Gasteiger charge is 2.28. The minimum Gasteiger partial charge on any atom is -0.477 e. The van der Waals surface area contributed by atoms with E-state index in [0.29, 0.717) is 4.90 Å². The van der Waals surface area contributed by atoms with Gasteiger partial charge in [0.15, 0.2) is 0 Å². The number of carboxylic acids is 1. The molecule has 1 rings (SSSR count). The topological polar surface area (TPSA) is 46.5 Å². The van der Waals surface area contributed by atoms with Gasteiger partial charge in [-0.2, -0.15) is 0 Å². The largest absolute Gasteiger partial charge is 0.522 e. The monoisotopic (exact) mass is 272 g/mol. The molecule has 0 fully saturated rings. The molecule has 1 heterocycles. The van der Waals surface area contributed by atoms with Crippen LogP contribution in [0.25, 0.3) is 0 Å². The molecule has 0 bridgehead atoms. The number of carbonyl (C=O) groups is 1. The summed E-state index contributed by atoms with van der Waals surface area (Å²) in [6.45, 7) is -0.452. The molecule has 1 N–H and O–H groups in total. The van der Waals surface area contributed by atoms with Gasteiger partial charge < -0.3 is 5.11 Å². The molecule has 1 aromatic rings. The Morgan fingerprint density at radius 1 is 1.56 bits per heavy atom. The summed E-state index contributed by atoms with van der Waals surface area (Å²) in [5.41, 5.74) is 0. The molecule has 0 unspecified atom stereocenters. The lowest BCUT2D eigenvalue weighted by Crippen LogP contribution is -2.15. The van der Waals surface area contributed by atoms with Gasteiger partial charge in [-0.25, -0.2) is 4.79 Å². The molecule has 3 nitrogen and oxygen atoms in total. The van der Waals surface area contributed by atoms with Crippen LogP contribution in [-0.2, 0) is 4.74 Å².